The van der Waals surface area contributed by atoms with Crippen LogP contribution in [0.15, 0.2) is 59.1 Å². The molecule has 3 N–H and O–H groups in total. The SMILES string of the molecule is NC(c1ccc(Br)cc1)C(CO)c1ccccc1. The van der Waals surface area contributed by atoms with Crippen molar-refractivity contribution in [2.45, 2.75) is 12.0 Å². The fourth-order valence-electron chi connectivity index (χ4n) is 2.04. The van der Waals surface area contributed by atoms with E-state index in [4.69, 9.17) is 5.73 Å². The fourth-order valence-corrected chi connectivity index (χ4v) is 2.31. The van der Waals surface area contributed by atoms with Crippen molar-refractivity contribution in [2.24, 2.45) is 5.73 Å². The molecule has 2 aromatic carbocycles. The van der Waals surface area contributed by atoms with E-state index < -0.39 is 0 Å². The van der Waals surface area contributed by atoms with Crippen LogP contribution in [-0.2, 0) is 0 Å². The molecule has 0 amide bonds. The third kappa shape index (κ3) is 2.99. The van der Waals surface area contributed by atoms with Crippen molar-refractivity contribution >= 4 is 15.9 Å². The van der Waals surface area contributed by atoms with Gasteiger partial charge in [-0.3, -0.25) is 0 Å². The first-order valence-electron chi connectivity index (χ1n) is 5.89. The summed E-state index contributed by atoms with van der Waals surface area (Å²) in [6, 6.07) is 17.6. The van der Waals surface area contributed by atoms with Crippen LogP contribution >= 0.6 is 15.9 Å². The molecule has 0 saturated heterocycles. The molecular weight excluding hydrogens is 290 g/mol. The molecule has 0 aliphatic rings. The first-order chi connectivity index (χ1) is 8.72. The van der Waals surface area contributed by atoms with Crippen LogP contribution in [0.4, 0.5) is 0 Å². The smallest absolute Gasteiger partial charge is 0.0518 e. The van der Waals surface area contributed by atoms with Gasteiger partial charge in [0.1, 0.15) is 0 Å². The Morgan fingerprint density at radius 1 is 0.944 bits per heavy atom. The van der Waals surface area contributed by atoms with Crippen LogP contribution in [0, 0.1) is 0 Å². The van der Waals surface area contributed by atoms with Gasteiger partial charge in [0.15, 0.2) is 0 Å². The third-order valence-corrected chi connectivity index (χ3v) is 3.64. The van der Waals surface area contributed by atoms with Crippen molar-refractivity contribution in [1.82, 2.24) is 0 Å². The lowest BCUT2D eigenvalue weighted by molar-refractivity contribution is 0.248. The zero-order valence-electron chi connectivity index (χ0n) is 9.96. The molecule has 2 unspecified atom stereocenters. The number of halogens is 1. The monoisotopic (exact) mass is 305 g/mol. The maximum atomic E-state index is 9.58. The van der Waals surface area contributed by atoms with E-state index >= 15 is 0 Å². The van der Waals surface area contributed by atoms with Crippen molar-refractivity contribution in [3.8, 4) is 0 Å². The van der Waals surface area contributed by atoms with Gasteiger partial charge in [-0.1, -0.05) is 58.4 Å². The minimum Gasteiger partial charge on any atom is -0.396 e. The normalized spacial score (nSPS) is 14.2. The molecule has 0 aliphatic heterocycles. The first kappa shape index (κ1) is 13.3. The van der Waals surface area contributed by atoms with Crippen molar-refractivity contribution in [2.75, 3.05) is 6.61 Å². The van der Waals surface area contributed by atoms with Crippen molar-refractivity contribution in [1.29, 1.82) is 0 Å². The van der Waals surface area contributed by atoms with E-state index in [9.17, 15) is 5.11 Å². The van der Waals surface area contributed by atoms with Gasteiger partial charge in [0.25, 0.3) is 0 Å². The number of rotatable bonds is 4. The van der Waals surface area contributed by atoms with Gasteiger partial charge in [-0.15, -0.1) is 0 Å². The van der Waals surface area contributed by atoms with E-state index in [2.05, 4.69) is 15.9 Å². The third-order valence-electron chi connectivity index (χ3n) is 3.11. The largest absolute Gasteiger partial charge is 0.396 e. The summed E-state index contributed by atoms with van der Waals surface area (Å²) in [7, 11) is 0. The molecule has 2 atom stereocenters. The van der Waals surface area contributed by atoms with Gasteiger partial charge < -0.3 is 10.8 Å². The Hall–Kier alpha value is -1.16. The van der Waals surface area contributed by atoms with Crippen LogP contribution in [0.1, 0.15) is 23.1 Å². The molecule has 0 saturated carbocycles. The van der Waals surface area contributed by atoms with Crippen LogP contribution < -0.4 is 5.73 Å². The summed E-state index contributed by atoms with van der Waals surface area (Å²) in [5.74, 6) is -0.0765. The molecule has 3 heteroatoms. The van der Waals surface area contributed by atoms with Crippen LogP contribution in [0.2, 0.25) is 0 Å². The van der Waals surface area contributed by atoms with Gasteiger partial charge in [-0.05, 0) is 23.3 Å². The Morgan fingerprint density at radius 3 is 2.11 bits per heavy atom. The summed E-state index contributed by atoms with van der Waals surface area (Å²) < 4.78 is 1.03. The van der Waals surface area contributed by atoms with Crippen LogP contribution in [0.3, 0.4) is 0 Å². The van der Waals surface area contributed by atoms with E-state index in [1.54, 1.807) is 0 Å². The lowest BCUT2D eigenvalue weighted by atomic mass is 9.88. The molecule has 0 heterocycles. The maximum absolute atomic E-state index is 9.58. The summed E-state index contributed by atoms with van der Waals surface area (Å²) in [6.45, 7) is 0.0429. The predicted molar refractivity (Wildman–Crippen MR) is 77.3 cm³/mol. The quantitative estimate of drug-likeness (QED) is 0.911. The highest BCUT2D eigenvalue weighted by molar-refractivity contribution is 9.10. The van der Waals surface area contributed by atoms with E-state index in [0.717, 1.165) is 15.6 Å². The zero-order valence-corrected chi connectivity index (χ0v) is 11.5. The molecular formula is C15H16BrNO. The number of hydrogen-bond acceptors (Lipinski definition) is 2. The molecule has 0 aliphatic carbocycles. The Kier molecular flexibility index (Phi) is 4.53. The summed E-state index contributed by atoms with van der Waals surface area (Å²) >= 11 is 3.40. The number of benzene rings is 2. The highest BCUT2D eigenvalue weighted by Gasteiger charge is 2.20. The molecule has 2 rings (SSSR count). The summed E-state index contributed by atoms with van der Waals surface area (Å²) in [4.78, 5) is 0. The molecule has 0 spiro atoms. The molecule has 0 bridgehead atoms. The van der Waals surface area contributed by atoms with Crippen LogP contribution in [0.5, 0.6) is 0 Å². The standard InChI is InChI=1S/C15H16BrNO/c16-13-8-6-12(7-9-13)15(17)14(10-18)11-4-2-1-3-5-11/h1-9,14-15,18H,10,17H2. The minimum absolute atomic E-state index is 0.0429. The highest BCUT2D eigenvalue weighted by Crippen LogP contribution is 2.29. The number of aliphatic hydroxyl groups excluding tert-OH is 1. The lowest BCUT2D eigenvalue weighted by Crippen LogP contribution is -2.22. The predicted octanol–water partition coefficient (Wildman–Crippen LogP) is 3.23. The maximum Gasteiger partial charge on any atom is 0.0518 e. The van der Waals surface area contributed by atoms with Gasteiger partial charge in [0, 0.05) is 16.4 Å². The Balaban J connectivity index is 2.25. The molecule has 0 aromatic heterocycles. The first-order valence-corrected chi connectivity index (χ1v) is 6.68. The molecule has 94 valence electrons. The topological polar surface area (TPSA) is 46.2 Å². The Labute approximate surface area is 116 Å². The van der Waals surface area contributed by atoms with Crippen molar-refractivity contribution in [3.63, 3.8) is 0 Å². The second-order valence-corrected chi connectivity index (χ2v) is 5.19. The number of aliphatic hydroxyl groups is 1. The molecule has 2 nitrogen and oxygen atoms in total. The van der Waals surface area contributed by atoms with Gasteiger partial charge in [0.05, 0.1) is 6.61 Å². The van der Waals surface area contributed by atoms with E-state index in [0.29, 0.717) is 0 Å². The fraction of sp³-hybridized carbons (Fsp3) is 0.200. The van der Waals surface area contributed by atoms with Crippen LogP contribution in [0.25, 0.3) is 0 Å². The molecule has 0 radical (unpaired) electrons. The van der Waals surface area contributed by atoms with E-state index in [1.807, 2.05) is 54.6 Å². The summed E-state index contributed by atoms with van der Waals surface area (Å²) in [6.07, 6.45) is 0. The van der Waals surface area contributed by atoms with E-state index in [-0.39, 0.29) is 18.6 Å². The minimum atomic E-state index is -0.203. The number of nitrogens with two attached hydrogens (primary N) is 1. The highest BCUT2D eigenvalue weighted by atomic mass is 79.9. The average Bonchev–Trinajstić information content (AvgIpc) is 2.41. The van der Waals surface area contributed by atoms with Gasteiger partial charge in [-0.2, -0.15) is 0 Å². The Morgan fingerprint density at radius 2 is 1.56 bits per heavy atom. The van der Waals surface area contributed by atoms with Crippen molar-refractivity contribution < 1.29 is 5.11 Å². The molecule has 2 aromatic rings. The number of hydrogen-bond donors (Lipinski definition) is 2. The van der Waals surface area contributed by atoms with Crippen LogP contribution in [-0.4, -0.2) is 11.7 Å². The van der Waals surface area contributed by atoms with E-state index in [1.165, 1.54) is 0 Å². The lowest BCUT2D eigenvalue weighted by Gasteiger charge is -2.22. The zero-order chi connectivity index (χ0) is 13.0. The molecule has 0 fully saturated rings. The average molecular weight is 306 g/mol. The Bertz CT molecular complexity index is 484. The van der Waals surface area contributed by atoms with Gasteiger partial charge in [0.2, 0.25) is 0 Å². The second-order valence-electron chi connectivity index (χ2n) is 4.28. The summed E-state index contributed by atoms with van der Waals surface area (Å²) in [5, 5.41) is 9.58. The molecule has 18 heavy (non-hydrogen) atoms. The van der Waals surface area contributed by atoms with Gasteiger partial charge in [-0.25, -0.2) is 0 Å². The van der Waals surface area contributed by atoms with Crippen molar-refractivity contribution in [3.05, 3.63) is 70.2 Å². The summed E-state index contributed by atoms with van der Waals surface area (Å²) in [5.41, 5.74) is 8.35. The van der Waals surface area contributed by atoms with Gasteiger partial charge >= 0.3 is 0 Å². The second kappa shape index (κ2) is 6.14.